The third-order valence-corrected chi connectivity index (χ3v) is 19.6. The fourth-order valence-corrected chi connectivity index (χ4v) is 13.7. The number of aliphatic hydroxyl groups is 12. The van der Waals surface area contributed by atoms with Crippen LogP contribution in [0.2, 0.25) is 0 Å². The maximum atomic E-state index is 12.1. The van der Waals surface area contributed by atoms with Gasteiger partial charge >= 0.3 is 0 Å². The number of benzene rings is 1. The van der Waals surface area contributed by atoms with Gasteiger partial charge in [-0.15, -0.1) is 10.2 Å². The van der Waals surface area contributed by atoms with Crippen LogP contribution in [0.15, 0.2) is 36.7 Å². The van der Waals surface area contributed by atoms with E-state index < -0.39 is 233 Å². The Morgan fingerprint density at radius 3 is 0.939 bits per heavy atom. The van der Waals surface area contributed by atoms with Crippen molar-refractivity contribution in [1.29, 1.82) is 0 Å². The average molecular weight is 1410 g/mol. The molecule has 2 aliphatic carbocycles. The number of nitrogens with zero attached hydrogens (tertiary/aromatic N) is 6. The Labute approximate surface area is 559 Å². The predicted octanol–water partition coefficient (Wildman–Crippen LogP) is -15.5. The highest BCUT2D eigenvalue weighted by Crippen LogP contribution is 2.39. The van der Waals surface area contributed by atoms with Crippen LogP contribution in [0.25, 0.3) is 22.5 Å². The molecule has 0 bridgehead atoms. The zero-order valence-corrected chi connectivity index (χ0v) is 52.9. The van der Waals surface area contributed by atoms with Gasteiger partial charge in [-0.3, -0.25) is 0 Å². The lowest BCUT2D eigenvalue weighted by molar-refractivity contribution is -0.306. The van der Waals surface area contributed by atoms with Crippen molar-refractivity contribution in [3.05, 3.63) is 36.7 Å². The summed E-state index contributed by atoms with van der Waals surface area (Å²) in [5.74, 6) is 0. The van der Waals surface area contributed by atoms with Crippen LogP contribution >= 0.6 is 0 Å². The number of rotatable bonds is 22. The molecule has 0 radical (unpaired) electrons. The Morgan fingerprint density at radius 1 is 0.347 bits per heavy atom. The molecular formula is C56H96N18O24. The minimum Gasteiger partial charge on any atom is -0.389 e. The van der Waals surface area contributed by atoms with E-state index in [0.29, 0.717) is 22.5 Å². The van der Waals surface area contributed by atoms with Gasteiger partial charge in [0.1, 0.15) is 146 Å². The van der Waals surface area contributed by atoms with Crippen LogP contribution in [0, 0.1) is 0 Å². The molecule has 2 aromatic heterocycles. The fraction of sp³-hybridized carbons (Fsp3) is 0.821. The number of nitrogens with two attached hydrogens (primary N) is 12. The van der Waals surface area contributed by atoms with E-state index in [0.717, 1.165) is 0 Å². The minimum atomic E-state index is -1.75. The third kappa shape index (κ3) is 15.2. The van der Waals surface area contributed by atoms with Crippen LogP contribution < -0.4 is 68.8 Å². The van der Waals surface area contributed by atoms with Crippen molar-refractivity contribution in [1.82, 2.24) is 30.0 Å². The SMILES string of the molecule is NCC1O[C@@H](OC2C(N)C[C@@H](N)C(O)[C@H]2O[C@@H]2O[C@H](Cn3cc(-c4cccc(-c5cn(C[C@H]6O[C@@H](O[C@H]7C(O[C@@H]8OC(CN)C(O)[C@H](O)C8N)C(N)C[C@@H](N)C7O)[C@@H](O)C6O[C@H]6O[C@@H](CN)C(O)C(O)C6N)nn5)c4)nn3)C(O[C@H]3O[C@@H](CN)C(O)C(O)C3N)[C@@H]2O)C(N)[C@@H](O)C1O. The smallest absolute Gasteiger partial charge is 0.187 e. The van der Waals surface area contributed by atoms with Crippen LogP contribution in [0.3, 0.4) is 0 Å². The molecule has 2 saturated carbocycles. The lowest BCUT2D eigenvalue weighted by Gasteiger charge is -2.47. The van der Waals surface area contributed by atoms with Crippen molar-refractivity contribution in [2.75, 3.05) is 26.2 Å². The van der Waals surface area contributed by atoms with Crippen molar-refractivity contribution < 1.29 is 118 Å². The molecule has 8 fully saturated rings. The highest BCUT2D eigenvalue weighted by molar-refractivity contribution is 5.68. The largest absolute Gasteiger partial charge is 0.389 e. The summed E-state index contributed by atoms with van der Waals surface area (Å²) in [6.07, 6.45) is -40.2. The molecule has 6 aliphatic heterocycles. The number of ether oxygens (including phenoxy) is 12. The number of aromatic nitrogens is 6. The predicted molar refractivity (Wildman–Crippen MR) is 327 cm³/mol. The van der Waals surface area contributed by atoms with Gasteiger partial charge in [0.2, 0.25) is 0 Å². The van der Waals surface area contributed by atoms with Crippen molar-refractivity contribution in [3.8, 4) is 22.5 Å². The summed E-state index contributed by atoms with van der Waals surface area (Å²) in [5, 5.41) is 151. The first-order valence-electron chi connectivity index (χ1n) is 32.4. The summed E-state index contributed by atoms with van der Waals surface area (Å²) in [7, 11) is 0. The molecule has 0 spiro atoms. The average Bonchev–Trinajstić information content (AvgIpc) is 1.49. The second kappa shape index (κ2) is 31.6. The van der Waals surface area contributed by atoms with E-state index in [2.05, 4.69) is 20.6 Å². The summed E-state index contributed by atoms with van der Waals surface area (Å²) in [4.78, 5) is 0. The lowest BCUT2D eigenvalue weighted by atomic mass is 9.84. The van der Waals surface area contributed by atoms with Gasteiger partial charge in [-0.25, -0.2) is 9.36 Å². The van der Waals surface area contributed by atoms with E-state index in [1.54, 1.807) is 36.7 Å². The van der Waals surface area contributed by atoms with Crippen LogP contribution in [0.1, 0.15) is 12.8 Å². The molecule has 0 amide bonds. The van der Waals surface area contributed by atoms with E-state index in [1.165, 1.54) is 9.36 Å². The first kappa shape index (κ1) is 75.2. The molecule has 38 atom stereocenters. The molecule has 42 heteroatoms. The van der Waals surface area contributed by atoms with Crippen LogP contribution in [0.5, 0.6) is 0 Å². The van der Waals surface area contributed by atoms with Gasteiger partial charge < -0.3 is 187 Å². The molecule has 98 heavy (non-hydrogen) atoms. The highest BCUT2D eigenvalue weighted by Gasteiger charge is 2.58. The van der Waals surface area contributed by atoms with Gasteiger partial charge in [0, 0.05) is 61.5 Å². The van der Waals surface area contributed by atoms with Crippen molar-refractivity contribution in [2.45, 2.75) is 259 Å². The molecule has 6 saturated heterocycles. The summed E-state index contributed by atoms with van der Waals surface area (Å²) in [6, 6.07) is -2.42. The Balaban J connectivity index is 0.815. The molecular weight excluding hydrogens is 1310 g/mol. The van der Waals surface area contributed by atoms with Crippen molar-refractivity contribution >= 4 is 0 Å². The Kier molecular flexibility index (Phi) is 24.2. The van der Waals surface area contributed by atoms with Gasteiger partial charge in [0.25, 0.3) is 0 Å². The third-order valence-electron chi connectivity index (χ3n) is 19.6. The Morgan fingerprint density at radius 2 is 0.633 bits per heavy atom. The molecule has 42 nitrogen and oxygen atoms in total. The van der Waals surface area contributed by atoms with Gasteiger partial charge in [0.15, 0.2) is 37.7 Å². The minimum absolute atomic E-state index is 0.00230. The maximum absolute atomic E-state index is 12.1. The Bertz CT molecular complexity index is 2850. The normalized spacial score (nSPS) is 48.0. The molecule has 36 N–H and O–H groups in total. The molecule has 554 valence electrons. The van der Waals surface area contributed by atoms with E-state index in [9.17, 15) is 61.3 Å². The van der Waals surface area contributed by atoms with Crippen molar-refractivity contribution in [3.63, 3.8) is 0 Å². The van der Waals surface area contributed by atoms with Crippen LogP contribution in [-0.2, 0) is 69.9 Å². The van der Waals surface area contributed by atoms with Gasteiger partial charge in [0.05, 0.1) is 61.9 Å². The fourth-order valence-electron chi connectivity index (χ4n) is 13.7. The zero-order chi connectivity index (χ0) is 70.6. The number of aliphatic hydroxyl groups excluding tert-OH is 12. The summed E-state index contributed by atoms with van der Waals surface area (Å²) < 4.78 is 76.7. The van der Waals surface area contributed by atoms with Gasteiger partial charge in [-0.1, -0.05) is 28.6 Å². The van der Waals surface area contributed by atoms with E-state index in [4.69, 9.17) is 126 Å². The summed E-state index contributed by atoms with van der Waals surface area (Å²) in [6.45, 7) is -1.43. The molecule has 20 unspecified atom stereocenters. The highest BCUT2D eigenvalue weighted by atomic mass is 16.8. The molecule has 8 heterocycles. The first-order valence-corrected chi connectivity index (χ1v) is 32.4. The van der Waals surface area contributed by atoms with E-state index >= 15 is 0 Å². The number of hydrogen-bond acceptors (Lipinski definition) is 40. The summed E-state index contributed by atoms with van der Waals surface area (Å²) in [5.41, 5.74) is 76.0. The Hall–Kier alpha value is -3.94. The van der Waals surface area contributed by atoms with E-state index in [1.807, 2.05) is 0 Å². The lowest BCUT2D eigenvalue weighted by Crippen LogP contribution is -2.68. The molecule has 1 aromatic carbocycles. The topological polar surface area (TPSA) is 727 Å². The van der Waals surface area contributed by atoms with Crippen molar-refractivity contribution in [2.24, 2.45) is 68.8 Å². The summed E-state index contributed by atoms with van der Waals surface area (Å²) >= 11 is 0. The first-order chi connectivity index (χ1) is 46.6. The second-order valence-electron chi connectivity index (χ2n) is 26.4. The molecule has 3 aromatic rings. The number of hydrogen-bond donors (Lipinski definition) is 24. The van der Waals surface area contributed by atoms with Crippen LogP contribution in [0.4, 0.5) is 0 Å². The maximum Gasteiger partial charge on any atom is 0.187 e. The van der Waals surface area contributed by atoms with Crippen LogP contribution in [-0.4, -0.2) is 350 Å². The van der Waals surface area contributed by atoms with Gasteiger partial charge in [-0.05, 0) is 18.9 Å². The quantitative estimate of drug-likeness (QED) is 0.0444. The van der Waals surface area contributed by atoms with E-state index in [-0.39, 0.29) is 52.1 Å². The van der Waals surface area contributed by atoms with Gasteiger partial charge in [-0.2, -0.15) is 0 Å². The second-order valence-corrected chi connectivity index (χ2v) is 26.4. The zero-order valence-electron chi connectivity index (χ0n) is 52.9. The monoisotopic (exact) mass is 1400 g/mol. The standard InChI is InChI=1S/C56H96N18O24/c57-7-23-35(77)39(81)29(65)51(87-23)93-45-19(63)5-17(61)33(75)49(45)97-55-43(85)47(95-53-31(67)41(83)37(79)25(9-59)89-53)27(91-55)13-73-11-21(69-71-73)15-2-1-3-16(4-15)22-12-74(72-70-22)14-28-48(96-54-32(68)42(84)38(80)26(10-60)90-54)44(86)56(92-28)98-50-34(76)18(62)6-20(64)46(50)94-52-30(66)40(82)36(78)24(8-58)88-52/h1-4,11-12,17-20,23-56,75-86H,5-10,13-14,57-68H2/t17-,18-,19?,20?,23?,24?,25+,26+,27-,28-,29?,30?,31?,32?,33?,34?,35?,36?,37?,38?,39-,40-,41?,42?,43+,44+,45?,46?,47?,48?,49-,50-,51+,52+,53-,54-,55+,56+/m1/s1. The molecule has 8 aliphatic rings. The molecule has 11 rings (SSSR count).